The maximum Gasteiger partial charge on any atom is 0.247 e. The van der Waals surface area contributed by atoms with Crippen LogP contribution < -0.4 is 10.5 Å². The summed E-state index contributed by atoms with van der Waals surface area (Å²) >= 11 is 0. The van der Waals surface area contributed by atoms with Gasteiger partial charge in [0.05, 0.1) is 13.2 Å². The Morgan fingerprint density at radius 3 is 2.48 bits per heavy atom. The van der Waals surface area contributed by atoms with Crippen molar-refractivity contribution in [2.45, 2.75) is 6.92 Å². The number of nitrogens with zero attached hydrogens (tertiary/aromatic N) is 1. The molecule has 2 N–H and O–H groups in total. The Morgan fingerprint density at radius 2 is 1.84 bits per heavy atom. The van der Waals surface area contributed by atoms with E-state index in [2.05, 4.69) is 34.1 Å². The molecule has 0 radical (unpaired) electrons. The quantitative estimate of drug-likeness (QED) is 0.688. The number of aromatic amines is 1. The fourth-order valence-corrected chi connectivity index (χ4v) is 2.23. The number of anilines is 1. The van der Waals surface area contributed by atoms with Gasteiger partial charge < -0.3 is 19.7 Å². The van der Waals surface area contributed by atoms with Crippen molar-refractivity contribution >= 4 is 17.8 Å². The highest BCUT2D eigenvalue weighted by molar-refractivity contribution is 5.70. The first-order chi connectivity index (χ1) is 12.1. The lowest BCUT2D eigenvalue weighted by Crippen LogP contribution is -2.23. The molecule has 0 saturated carbocycles. The molecule has 134 valence electrons. The van der Waals surface area contributed by atoms with E-state index in [1.165, 1.54) is 6.07 Å². The van der Waals surface area contributed by atoms with E-state index in [-0.39, 0.29) is 18.1 Å². The zero-order chi connectivity index (χ0) is 18.1. The Morgan fingerprint density at radius 1 is 1.16 bits per heavy atom. The van der Waals surface area contributed by atoms with E-state index in [9.17, 15) is 4.79 Å². The molecule has 0 spiro atoms. The Labute approximate surface area is 148 Å². The highest BCUT2D eigenvalue weighted by Gasteiger charge is 2.03. The van der Waals surface area contributed by atoms with E-state index in [1.807, 2.05) is 26.1 Å². The molecule has 0 saturated heterocycles. The highest BCUT2D eigenvalue weighted by Crippen LogP contribution is 2.15. The molecular weight excluding hydrogens is 316 g/mol. The molecule has 0 aliphatic carbocycles. The number of aliphatic hydroxyl groups excluding tert-OH is 1. The largest absolute Gasteiger partial charge is 0.396 e. The zero-order valence-electron chi connectivity index (χ0n) is 14.8. The molecule has 1 unspecified atom stereocenters. The lowest BCUT2D eigenvalue weighted by Gasteiger charge is -2.20. The zero-order valence-corrected chi connectivity index (χ0v) is 14.8. The number of aliphatic hydroxyl groups is 1. The van der Waals surface area contributed by atoms with Crippen molar-refractivity contribution in [2.75, 3.05) is 38.3 Å². The first kappa shape index (κ1) is 19.0. The monoisotopic (exact) mass is 342 g/mol. The van der Waals surface area contributed by atoms with Gasteiger partial charge in [0.15, 0.2) is 0 Å². The van der Waals surface area contributed by atoms with E-state index >= 15 is 0 Å². The minimum atomic E-state index is -0.0978. The van der Waals surface area contributed by atoms with Crippen molar-refractivity contribution in [2.24, 2.45) is 5.92 Å². The van der Waals surface area contributed by atoms with Crippen LogP contribution in [0.15, 0.2) is 47.4 Å². The van der Waals surface area contributed by atoms with Gasteiger partial charge in [0.2, 0.25) is 5.56 Å². The molecule has 5 heteroatoms. The molecule has 5 nitrogen and oxygen atoms in total. The molecule has 0 amide bonds. The molecule has 1 heterocycles. The summed E-state index contributed by atoms with van der Waals surface area (Å²) in [6, 6.07) is 11.6. The van der Waals surface area contributed by atoms with Crippen molar-refractivity contribution in [1.82, 2.24) is 4.98 Å². The number of hydrogen-bond donors (Lipinski definition) is 2. The van der Waals surface area contributed by atoms with Gasteiger partial charge in [-0.05, 0) is 29.3 Å². The van der Waals surface area contributed by atoms with Crippen LogP contribution in [0.4, 0.5) is 5.69 Å². The number of ether oxygens (including phenoxy) is 1. The van der Waals surface area contributed by atoms with Crippen LogP contribution in [-0.4, -0.2) is 43.5 Å². The van der Waals surface area contributed by atoms with Crippen LogP contribution >= 0.6 is 0 Å². The van der Waals surface area contributed by atoms with E-state index in [4.69, 9.17) is 9.84 Å². The number of likely N-dealkylation sites (N-methyl/N-ethyl adjacent to an activating group) is 1. The molecule has 0 aliphatic heterocycles. The van der Waals surface area contributed by atoms with Crippen LogP contribution in [0.3, 0.4) is 0 Å². The molecule has 0 bridgehead atoms. The fraction of sp³-hybridized carbons (Fsp3) is 0.350. The summed E-state index contributed by atoms with van der Waals surface area (Å²) in [5.41, 5.74) is 3.07. The second-order valence-electron chi connectivity index (χ2n) is 6.20. The van der Waals surface area contributed by atoms with E-state index in [0.29, 0.717) is 13.2 Å². The number of pyridine rings is 1. The Kier molecular flexibility index (Phi) is 7.44. The van der Waals surface area contributed by atoms with Crippen molar-refractivity contribution in [1.29, 1.82) is 0 Å². The maximum absolute atomic E-state index is 11.0. The van der Waals surface area contributed by atoms with Gasteiger partial charge in [-0.1, -0.05) is 31.2 Å². The van der Waals surface area contributed by atoms with Crippen LogP contribution in [0.1, 0.15) is 18.1 Å². The number of H-pyrrole nitrogens is 1. The molecule has 1 aromatic heterocycles. The summed E-state index contributed by atoms with van der Waals surface area (Å²) in [5.74, 6) is 0.179. The molecule has 1 atom stereocenters. The standard InChI is InChI=1S/C20H26N2O3/c1-16(14-23)15-25-12-11-22(2)19-8-5-17(6-9-19)3-4-18-7-10-20(24)21-13-18/h3-10,13,16,23H,11-12,14-15H2,1-2H3,(H,21,24)/b4-3+. The Bertz CT molecular complexity index is 702. The van der Waals surface area contributed by atoms with E-state index < -0.39 is 0 Å². The third-order valence-electron chi connectivity index (χ3n) is 3.90. The molecule has 0 fully saturated rings. The summed E-state index contributed by atoms with van der Waals surface area (Å²) in [5, 5.41) is 8.96. The van der Waals surface area contributed by atoms with Crippen LogP contribution in [0.2, 0.25) is 0 Å². The van der Waals surface area contributed by atoms with Gasteiger partial charge in [0, 0.05) is 44.1 Å². The lowest BCUT2D eigenvalue weighted by atomic mass is 10.1. The fourth-order valence-electron chi connectivity index (χ4n) is 2.23. The number of rotatable bonds is 9. The van der Waals surface area contributed by atoms with Crippen LogP contribution in [0.5, 0.6) is 0 Å². The van der Waals surface area contributed by atoms with Gasteiger partial charge >= 0.3 is 0 Å². The SMILES string of the molecule is CC(CO)COCCN(C)c1ccc(/C=C/c2ccc(=O)[nH]c2)cc1. The Hall–Kier alpha value is -2.37. The molecule has 2 aromatic rings. The molecule has 0 aliphatic rings. The summed E-state index contributed by atoms with van der Waals surface area (Å²) in [7, 11) is 2.03. The van der Waals surface area contributed by atoms with Crippen LogP contribution in [0, 0.1) is 5.92 Å². The maximum atomic E-state index is 11.0. The second-order valence-corrected chi connectivity index (χ2v) is 6.20. The van der Waals surface area contributed by atoms with E-state index in [1.54, 1.807) is 12.3 Å². The van der Waals surface area contributed by atoms with Crippen molar-refractivity contribution < 1.29 is 9.84 Å². The van der Waals surface area contributed by atoms with Crippen LogP contribution in [0.25, 0.3) is 12.2 Å². The van der Waals surface area contributed by atoms with Gasteiger partial charge in [-0.15, -0.1) is 0 Å². The topological polar surface area (TPSA) is 65.6 Å². The second kappa shape index (κ2) is 9.81. The van der Waals surface area contributed by atoms with Gasteiger partial charge in [-0.3, -0.25) is 4.79 Å². The summed E-state index contributed by atoms with van der Waals surface area (Å²) < 4.78 is 5.56. The van der Waals surface area contributed by atoms with Gasteiger partial charge in [-0.2, -0.15) is 0 Å². The lowest BCUT2D eigenvalue weighted by molar-refractivity contribution is 0.0844. The van der Waals surface area contributed by atoms with Crippen molar-refractivity contribution in [3.05, 3.63) is 64.1 Å². The predicted octanol–water partition coefficient (Wildman–Crippen LogP) is 2.63. The summed E-state index contributed by atoms with van der Waals surface area (Å²) in [4.78, 5) is 15.8. The van der Waals surface area contributed by atoms with Gasteiger partial charge in [0.1, 0.15) is 0 Å². The number of nitrogens with one attached hydrogen (secondary N) is 1. The minimum absolute atomic E-state index is 0.0978. The van der Waals surface area contributed by atoms with Crippen molar-refractivity contribution in [3.63, 3.8) is 0 Å². The third-order valence-corrected chi connectivity index (χ3v) is 3.90. The molecule has 1 aromatic carbocycles. The first-order valence-electron chi connectivity index (χ1n) is 8.45. The highest BCUT2D eigenvalue weighted by atomic mass is 16.5. The normalized spacial score (nSPS) is 12.4. The van der Waals surface area contributed by atoms with E-state index in [0.717, 1.165) is 23.4 Å². The van der Waals surface area contributed by atoms with Gasteiger partial charge in [0.25, 0.3) is 0 Å². The molecular formula is C20H26N2O3. The molecule has 2 rings (SSSR count). The summed E-state index contributed by atoms with van der Waals surface area (Å²) in [6.07, 6.45) is 5.67. The first-order valence-corrected chi connectivity index (χ1v) is 8.45. The predicted molar refractivity (Wildman–Crippen MR) is 103 cm³/mol. The number of benzene rings is 1. The number of hydrogen-bond acceptors (Lipinski definition) is 4. The molecule has 25 heavy (non-hydrogen) atoms. The Balaban J connectivity index is 1.84. The third kappa shape index (κ3) is 6.57. The van der Waals surface area contributed by atoms with Crippen LogP contribution in [-0.2, 0) is 4.74 Å². The average Bonchev–Trinajstić information content (AvgIpc) is 2.64. The number of aromatic nitrogens is 1. The minimum Gasteiger partial charge on any atom is -0.396 e. The average molecular weight is 342 g/mol. The van der Waals surface area contributed by atoms with Crippen molar-refractivity contribution in [3.8, 4) is 0 Å². The van der Waals surface area contributed by atoms with Gasteiger partial charge in [-0.25, -0.2) is 0 Å². The summed E-state index contributed by atoms with van der Waals surface area (Å²) in [6.45, 7) is 4.13. The smallest absolute Gasteiger partial charge is 0.247 e.